The third-order valence-electron chi connectivity index (χ3n) is 3.12. The van der Waals surface area contributed by atoms with Crippen molar-refractivity contribution in [3.63, 3.8) is 0 Å². The fourth-order valence-corrected chi connectivity index (χ4v) is 2.60. The third-order valence-corrected chi connectivity index (χ3v) is 3.84. The van der Waals surface area contributed by atoms with Crippen molar-refractivity contribution in [1.29, 1.82) is 0 Å². The van der Waals surface area contributed by atoms with Crippen LogP contribution in [0.5, 0.6) is 0 Å². The van der Waals surface area contributed by atoms with Gasteiger partial charge in [-0.3, -0.25) is 0 Å². The molecule has 0 bridgehead atoms. The molecule has 0 aromatic rings. The Bertz CT molecular complexity index is 270. The Hall–Kier alpha value is 0.460. The molecule has 1 atom stereocenters. The molecular formula is C11H26O10P2. The largest absolute Gasteiger partial charge is 0.396 e. The summed E-state index contributed by atoms with van der Waals surface area (Å²) >= 11 is 0. The van der Waals surface area contributed by atoms with E-state index in [1.807, 2.05) is 0 Å². The molecule has 0 saturated heterocycles. The zero-order chi connectivity index (χ0) is 17.7. The van der Waals surface area contributed by atoms with Crippen molar-refractivity contribution in [3.05, 3.63) is 0 Å². The van der Waals surface area contributed by atoms with Crippen LogP contribution in [0.4, 0.5) is 0 Å². The molecule has 0 aromatic carbocycles. The Labute approximate surface area is 137 Å². The maximum absolute atomic E-state index is 9.80. The lowest BCUT2D eigenvalue weighted by Crippen LogP contribution is -2.48. The highest BCUT2D eigenvalue weighted by Crippen LogP contribution is 2.37. The van der Waals surface area contributed by atoms with Crippen LogP contribution in [0.1, 0.15) is 6.42 Å². The van der Waals surface area contributed by atoms with Crippen molar-refractivity contribution in [2.75, 3.05) is 53.9 Å². The van der Waals surface area contributed by atoms with E-state index in [0.717, 1.165) is 0 Å². The highest BCUT2D eigenvalue weighted by atomic mass is 31.2. The number of methoxy groups -OCH3 is 2. The molecule has 12 heteroatoms. The molecule has 1 unspecified atom stereocenters. The van der Waals surface area contributed by atoms with E-state index in [-0.39, 0.29) is 19.8 Å². The second kappa shape index (κ2) is 13.7. The number of hydrogen-bond acceptors (Lipinski definition) is 10. The summed E-state index contributed by atoms with van der Waals surface area (Å²) in [6.45, 7) is -0.293. The lowest BCUT2D eigenvalue weighted by Gasteiger charge is -2.38. The molecule has 0 spiro atoms. The zero-order valence-corrected chi connectivity index (χ0v) is 15.0. The first kappa shape index (κ1) is 23.5. The van der Waals surface area contributed by atoms with Crippen molar-refractivity contribution >= 4 is 17.2 Å². The average Bonchev–Trinajstić information content (AvgIpc) is 2.51. The predicted molar refractivity (Wildman–Crippen MR) is 82.2 cm³/mol. The van der Waals surface area contributed by atoms with Crippen LogP contribution in [0.25, 0.3) is 0 Å². The van der Waals surface area contributed by atoms with Gasteiger partial charge in [0.25, 0.3) is 0 Å². The minimum atomic E-state index is -2.65. The summed E-state index contributed by atoms with van der Waals surface area (Å²) in [4.78, 5) is 35.8. The Morgan fingerprint density at radius 1 is 0.870 bits per heavy atom. The van der Waals surface area contributed by atoms with Crippen molar-refractivity contribution in [2.45, 2.75) is 12.5 Å². The van der Waals surface area contributed by atoms with Gasteiger partial charge < -0.3 is 47.9 Å². The topological polar surface area (TPSA) is 147 Å². The maximum Gasteiger partial charge on any atom is 0.327 e. The maximum atomic E-state index is 9.80. The van der Waals surface area contributed by atoms with Gasteiger partial charge >= 0.3 is 17.2 Å². The van der Waals surface area contributed by atoms with E-state index in [0.29, 0.717) is 19.6 Å². The van der Waals surface area contributed by atoms with Gasteiger partial charge in [-0.05, 0) is 6.42 Å². The number of aliphatic hydroxyl groups is 1. The number of hydrogen-bond donors (Lipinski definition) is 5. The molecule has 5 N–H and O–H groups in total. The van der Waals surface area contributed by atoms with Crippen LogP contribution in [0.15, 0.2) is 0 Å². The molecular weight excluding hydrogens is 354 g/mol. The van der Waals surface area contributed by atoms with E-state index in [9.17, 15) is 5.11 Å². The quantitative estimate of drug-likeness (QED) is 0.186. The second-order valence-corrected chi connectivity index (χ2v) is 6.23. The zero-order valence-electron chi connectivity index (χ0n) is 13.2. The molecule has 140 valence electrons. The van der Waals surface area contributed by atoms with E-state index < -0.39 is 35.3 Å². The van der Waals surface area contributed by atoms with Crippen LogP contribution in [-0.2, 0) is 23.3 Å². The summed E-state index contributed by atoms with van der Waals surface area (Å²) < 4.78 is 25.2. The summed E-state index contributed by atoms with van der Waals surface area (Å²) in [7, 11) is -2.29. The van der Waals surface area contributed by atoms with Crippen LogP contribution in [0.3, 0.4) is 0 Å². The average molecular weight is 380 g/mol. The number of aliphatic hydroxyl groups excluding tert-OH is 1. The smallest absolute Gasteiger partial charge is 0.327 e. The van der Waals surface area contributed by atoms with Crippen LogP contribution in [0, 0.1) is 5.41 Å². The minimum Gasteiger partial charge on any atom is -0.396 e. The summed E-state index contributed by atoms with van der Waals surface area (Å²) in [5, 5.41) is 9.80. The fraction of sp³-hybridized carbons (Fsp3) is 1.00. The standard InChI is InChI=1S/C11H26O10P2/c1-17-4-3-10(19-6-5-18-2)11(7-12,8-20-22(13)14)9-21-23(15)16/h10,12-16H,3-9H2,1-2H3. The van der Waals surface area contributed by atoms with Crippen LogP contribution in [-0.4, -0.2) is 84.6 Å². The fourth-order valence-electron chi connectivity index (χ4n) is 1.86. The molecule has 0 aliphatic carbocycles. The molecule has 0 amide bonds. The lowest BCUT2D eigenvalue weighted by molar-refractivity contribution is -0.120. The molecule has 0 rings (SSSR count). The van der Waals surface area contributed by atoms with E-state index in [2.05, 4.69) is 0 Å². The van der Waals surface area contributed by atoms with Crippen LogP contribution in [0.2, 0.25) is 0 Å². The number of rotatable bonds is 15. The normalized spacial score (nSPS) is 14.0. The predicted octanol–water partition coefficient (Wildman–Crippen LogP) is -0.511. The highest BCUT2D eigenvalue weighted by molar-refractivity contribution is 7.39. The van der Waals surface area contributed by atoms with Gasteiger partial charge in [-0.2, -0.15) is 0 Å². The van der Waals surface area contributed by atoms with Crippen LogP contribution < -0.4 is 0 Å². The van der Waals surface area contributed by atoms with Crippen molar-refractivity contribution < 1.29 is 47.9 Å². The van der Waals surface area contributed by atoms with Gasteiger partial charge in [-0.25, -0.2) is 0 Å². The van der Waals surface area contributed by atoms with Gasteiger partial charge in [0, 0.05) is 20.8 Å². The van der Waals surface area contributed by atoms with Gasteiger partial charge in [0.15, 0.2) is 0 Å². The first-order valence-corrected chi connectivity index (χ1v) is 9.06. The first-order chi connectivity index (χ1) is 10.9. The summed E-state index contributed by atoms with van der Waals surface area (Å²) in [6, 6.07) is 0. The molecule has 0 aliphatic rings. The molecule has 23 heavy (non-hydrogen) atoms. The Morgan fingerprint density at radius 3 is 1.78 bits per heavy atom. The lowest BCUT2D eigenvalue weighted by atomic mass is 9.82. The van der Waals surface area contributed by atoms with E-state index >= 15 is 0 Å². The van der Waals surface area contributed by atoms with Crippen LogP contribution >= 0.6 is 17.2 Å². The summed E-state index contributed by atoms with van der Waals surface area (Å²) in [5.41, 5.74) is -1.23. The Morgan fingerprint density at radius 2 is 1.39 bits per heavy atom. The Kier molecular flexibility index (Phi) is 14.0. The van der Waals surface area contributed by atoms with Gasteiger partial charge in [0.2, 0.25) is 0 Å². The molecule has 0 fully saturated rings. The third kappa shape index (κ3) is 10.1. The molecule has 10 nitrogen and oxygen atoms in total. The van der Waals surface area contributed by atoms with E-state index in [4.69, 9.17) is 42.8 Å². The highest BCUT2D eigenvalue weighted by Gasteiger charge is 2.41. The van der Waals surface area contributed by atoms with Gasteiger partial charge in [0.05, 0.1) is 44.6 Å². The van der Waals surface area contributed by atoms with Gasteiger partial charge in [-0.15, -0.1) is 0 Å². The first-order valence-electron chi connectivity index (χ1n) is 6.73. The summed E-state index contributed by atoms with van der Waals surface area (Å²) in [5.74, 6) is 0. The van der Waals surface area contributed by atoms with E-state index in [1.165, 1.54) is 14.2 Å². The SMILES string of the molecule is COCCOC(CCOC)C(CO)(COP(O)O)COP(O)O. The second-order valence-electron chi connectivity index (χ2n) is 4.71. The van der Waals surface area contributed by atoms with Crippen molar-refractivity contribution in [2.24, 2.45) is 5.41 Å². The molecule has 0 aromatic heterocycles. The Balaban J connectivity index is 5.11. The van der Waals surface area contributed by atoms with Gasteiger partial charge in [0.1, 0.15) is 0 Å². The molecule has 0 saturated carbocycles. The number of ether oxygens (including phenoxy) is 3. The minimum absolute atomic E-state index is 0.215. The van der Waals surface area contributed by atoms with Crippen molar-refractivity contribution in [1.82, 2.24) is 0 Å². The molecule has 0 radical (unpaired) electrons. The molecule has 0 aliphatic heterocycles. The summed E-state index contributed by atoms with van der Waals surface area (Å²) in [6.07, 6.45) is -0.315. The van der Waals surface area contributed by atoms with E-state index in [1.54, 1.807) is 0 Å². The van der Waals surface area contributed by atoms with Gasteiger partial charge in [-0.1, -0.05) is 0 Å². The van der Waals surface area contributed by atoms with Crippen molar-refractivity contribution in [3.8, 4) is 0 Å². The monoisotopic (exact) mass is 380 g/mol. The molecule has 0 heterocycles.